The Morgan fingerprint density at radius 3 is 2.32 bits per heavy atom. The van der Waals surface area contributed by atoms with Crippen molar-refractivity contribution in [3.63, 3.8) is 0 Å². The highest BCUT2D eigenvalue weighted by atomic mass is 15.1. The number of aromatic nitrogens is 2. The number of hydrogen-bond donors (Lipinski definition) is 2. The summed E-state index contributed by atoms with van der Waals surface area (Å²) in [7, 11) is 4.15. The Bertz CT molecular complexity index is 401. The van der Waals surface area contributed by atoms with Gasteiger partial charge in [0.15, 0.2) is 0 Å². The third-order valence-corrected chi connectivity index (χ3v) is 2.98. The normalized spacial score (nSPS) is 13.3. The summed E-state index contributed by atoms with van der Waals surface area (Å²) in [5, 5.41) is 3.47. The van der Waals surface area contributed by atoms with Crippen LogP contribution in [-0.2, 0) is 0 Å². The molecule has 3 N–H and O–H groups in total. The van der Waals surface area contributed by atoms with Crippen molar-refractivity contribution in [2.45, 2.75) is 39.7 Å². The first kappa shape index (κ1) is 15.7. The van der Waals surface area contributed by atoms with Crippen molar-refractivity contribution in [3.05, 3.63) is 11.9 Å². The number of hydrogen-bond acceptors (Lipinski definition) is 5. The molecule has 1 unspecified atom stereocenters. The molecule has 1 heterocycles. The van der Waals surface area contributed by atoms with E-state index in [2.05, 4.69) is 62.0 Å². The molecule has 19 heavy (non-hydrogen) atoms. The lowest BCUT2D eigenvalue weighted by atomic mass is 10.0. The van der Waals surface area contributed by atoms with Gasteiger partial charge in [-0.25, -0.2) is 9.97 Å². The van der Waals surface area contributed by atoms with Gasteiger partial charge >= 0.3 is 0 Å². The molecule has 0 aliphatic heterocycles. The zero-order valence-corrected chi connectivity index (χ0v) is 12.9. The third-order valence-electron chi connectivity index (χ3n) is 2.98. The molecular formula is C14H27N5. The largest absolute Gasteiger partial charge is 0.384 e. The standard InChI is InChI=1S/C14H27N5/c1-9(2)11(8-19(5)6)16-13-7-12(15)17-14(18-13)10(3)4/h7,9-11H,8H2,1-6H3,(H3,15,16,17,18). The Labute approximate surface area is 116 Å². The van der Waals surface area contributed by atoms with Crippen LogP contribution in [0.15, 0.2) is 6.07 Å². The molecule has 0 saturated carbocycles. The highest BCUT2D eigenvalue weighted by molar-refractivity contribution is 5.45. The molecule has 5 heteroatoms. The monoisotopic (exact) mass is 265 g/mol. The van der Waals surface area contributed by atoms with Gasteiger partial charge in [-0.05, 0) is 20.0 Å². The van der Waals surface area contributed by atoms with Crippen LogP contribution in [0, 0.1) is 5.92 Å². The first-order chi connectivity index (χ1) is 8.79. The molecular weight excluding hydrogens is 238 g/mol. The average Bonchev–Trinajstić information content (AvgIpc) is 2.26. The second-order valence-corrected chi connectivity index (χ2v) is 5.95. The molecule has 0 aliphatic carbocycles. The van der Waals surface area contributed by atoms with Gasteiger partial charge in [-0.2, -0.15) is 0 Å². The van der Waals surface area contributed by atoms with E-state index < -0.39 is 0 Å². The summed E-state index contributed by atoms with van der Waals surface area (Å²) in [5.41, 5.74) is 5.85. The lowest BCUT2D eigenvalue weighted by Gasteiger charge is -2.26. The molecule has 5 nitrogen and oxygen atoms in total. The van der Waals surface area contributed by atoms with Gasteiger partial charge in [0.1, 0.15) is 17.5 Å². The summed E-state index contributed by atoms with van der Waals surface area (Å²) < 4.78 is 0. The average molecular weight is 265 g/mol. The van der Waals surface area contributed by atoms with Gasteiger partial charge in [0.2, 0.25) is 0 Å². The number of anilines is 2. The molecule has 0 amide bonds. The van der Waals surface area contributed by atoms with E-state index in [-0.39, 0.29) is 5.92 Å². The maximum atomic E-state index is 5.85. The third kappa shape index (κ3) is 5.03. The molecule has 1 aromatic heterocycles. The molecule has 1 rings (SSSR count). The van der Waals surface area contributed by atoms with E-state index in [1.807, 2.05) is 0 Å². The van der Waals surface area contributed by atoms with Crippen LogP contribution >= 0.6 is 0 Å². The first-order valence-electron chi connectivity index (χ1n) is 6.85. The molecule has 0 radical (unpaired) electrons. The first-order valence-corrected chi connectivity index (χ1v) is 6.85. The summed E-state index contributed by atoms with van der Waals surface area (Å²) in [6, 6.07) is 2.14. The maximum absolute atomic E-state index is 5.85. The van der Waals surface area contributed by atoms with Crippen LogP contribution < -0.4 is 11.1 Å². The van der Waals surface area contributed by atoms with Crippen LogP contribution in [0.3, 0.4) is 0 Å². The van der Waals surface area contributed by atoms with Gasteiger partial charge in [0.25, 0.3) is 0 Å². The van der Waals surface area contributed by atoms with Gasteiger partial charge in [-0.3, -0.25) is 0 Å². The summed E-state index contributed by atoms with van der Waals surface area (Å²) in [5.74, 6) is 2.91. The van der Waals surface area contributed by atoms with Crippen molar-refractivity contribution in [3.8, 4) is 0 Å². The van der Waals surface area contributed by atoms with Crippen LogP contribution in [0.1, 0.15) is 39.4 Å². The highest BCUT2D eigenvalue weighted by Gasteiger charge is 2.16. The number of likely N-dealkylation sites (N-methyl/N-ethyl adjacent to an activating group) is 1. The summed E-state index contributed by atoms with van der Waals surface area (Å²) in [6.45, 7) is 9.50. The van der Waals surface area contributed by atoms with E-state index in [1.165, 1.54) is 0 Å². The molecule has 0 bridgehead atoms. The summed E-state index contributed by atoms with van der Waals surface area (Å²) in [4.78, 5) is 11.0. The summed E-state index contributed by atoms with van der Waals surface area (Å²) >= 11 is 0. The van der Waals surface area contributed by atoms with Gasteiger partial charge in [-0.15, -0.1) is 0 Å². The number of nitrogens with one attached hydrogen (secondary N) is 1. The number of rotatable bonds is 6. The van der Waals surface area contributed by atoms with E-state index in [1.54, 1.807) is 6.07 Å². The van der Waals surface area contributed by atoms with Crippen LogP contribution in [0.25, 0.3) is 0 Å². The fourth-order valence-corrected chi connectivity index (χ4v) is 1.82. The minimum absolute atomic E-state index is 0.274. The Hall–Kier alpha value is -1.36. The van der Waals surface area contributed by atoms with Crippen molar-refractivity contribution < 1.29 is 0 Å². The number of nitrogen functional groups attached to an aromatic ring is 1. The molecule has 0 fully saturated rings. The van der Waals surface area contributed by atoms with E-state index >= 15 is 0 Å². The Morgan fingerprint density at radius 1 is 1.21 bits per heavy atom. The SMILES string of the molecule is CC(C)c1nc(N)cc(NC(CN(C)C)C(C)C)n1. The topological polar surface area (TPSA) is 67.1 Å². The predicted octanol–water partition coefficient (Wildman–Crippen LogP) is 2.18. The summed E-state index contributed by atoms with van der Waals surface area (Å²) in [6.07, 6.45) is 0. The second kappa shape index (κ2) is 6.70. The van der Waals surface area contributed by atoms with Crippen molar-refractivity contribution in [1.29, 1.82) is 0 Å². The van der Waals surface area contributed by atoms with Crippen molar-refractivity contribution in [2.75, 3.05) is 31.7 Å². The molecule has 1 atom stereocenters. The van der Waals surface area contributed by atoms with Crippen LogP contribution in [0.5, 0.6) is 0 Å². The quantitative estimate of drug-likeness (QED) is 0.825. The number of nitrogens with two attached hydrogens (primary N) is 1. The molecule has 0 aromatic carbocycles. The van der Waals surface area contributed by atoms with Gasteiger partial charge in [0.05, 0.1) is 0 Å². The molecule has 0 aliphatic rings. The highest BCUT2D eigenvalue weighted by Crippen LogP contribution is 2.17. The minimum atomic E-state index is 0.274. The van der Waals surface area contributed by atoms with Gasteiger partial charge < -0.3 is 16.0 Å². The Morgan fingerprint density at radius 2 is 1.84 bits per heavy atom. The van der Waals surface area contributed by atoms with Crippen LogP contribution in [0.2, 0.25) is 0 Å². The zero-order chi connectivity index (χ0) is 14.6. The molecule has 108 valence electrons. The molecule has 0 saturated heterocycles. The van der Waals surface area contributed by atoms with Gasteiger partial charge in [0, 0.05) is 24.6 Å². The Kier molecular flexibility index (Phi) is 5.54. The molecule has 1 aromatic rings. The fourth-order valence-electron chi connectivity index (χ4n) is 1.82. The Balaban J connectivity index is 2.89. The smallest absolute Gasteiger partial charge is 0.135 e. The van der Waals surface area contributed by atoms with E-state index in [0.29, 0.717) is 17.8 Å². The predicted molar refractivity (Wildman–Crippen MR) is 81.3 cm³/mol. The van der Waals surface area contributed by atoms with E-state index in [0.717, 1.165) is 18.2 Å². The minimum Gasteiger partial charge on any atom is -0.384 e. The van der Waals surface area contributed by atoms with E-state index in [9.17, 15) is 0 Å². The van der Waals surface area contributed by atoms with Crippen molar-refractivity contribution in [2.24, 2.45) is 5.92 Å². The van der Waals surface area contributed by atoms with Crippen LogP contribution in [0.4, 0.5) is 11.6 Å². The second-order valence-electron chi connectivity index (χ2n) is 5.95. The lowest BCUT2D eigenvalue weighted by molar-refractivity contribution is 0.344. The van der Waals surface area contributed by atoms with Crippen molar-refractivity contribution in [1.82, 2.24) is 14.9 Å². The van der Waals surface area contributed by atoms with E-state index in [4.69, 9.17) is 5.73 Å². The van der Waals surface area contributed by atoms with Crippen molar-refractivity contribution >= 4 is 11.6 Å². The van der Waals surface area contributed by atoms with Crippen LogP contribution in [-0.4, -0.2) is 41.5 Å². The lowest BCUT2D eigenvalue weighted by Crippen LogP contribution is -2.36. The molecule has 0 spiro atoms. The zero-order valence-electron chi connectivity index (χ0n) is 12.9. The maximum Gasteiger partial charge on any atom is 0.135 e. The number of nitrogens with zero attached hydrogens (tertiary/aromatic N) is 3. The van der Waals surface area contributed by atoms with Gasteiger partial charge in [-0.1, -0.05) is 27.7 Å². The fraction of sp³-hybridized carbons (Fsp3) is 0.714.